The fraction of sp³-hybridized carbons (Fsp3) is 0.111. The van der Waals surface area contributed by atoms with Gasteiger partial charge in [-0.05, 0) is 34.7 Å². The molecule has 1 rings (SSSR count). The fourth-order valence-electron chi connectivity index (χ4n) is 0.915. The summed E-state index contributed by atoms with van der Waals surface area (Å²) in [4.78, 5) is 0. The highest BCUT2D eigenvalue weighted by molar-refractivity contribution is 14.1. The third-order valence-corrected chi connectivity index (χ3v) is 2.11. The molecular formula is C9H4F5I. The Labute approximate surface area is 95.9 Å². The van der Waals surface area contributed by atoms with Crippen LogP contribution >= 0.6 is 22.6 Å². The number of benzene rings is 1. The van der Waals surface area contributed by atoms with Crippen LogP contribution in [0.4, 0.5) is 22.0 Å². The van der Waals surface area contributed by atoms with E-state index >= 15 is 0 Å². The van der Waals surface area contributed by atoms with Gasteiger partial charge in [0.05, 0.1) is 5.56 Å². The Morgan fingerprint density at radius 2 is 1.47 bits per heavy atom. The lowest BCUT2D eigenvalue weighted by Crippen LogP contribution is -2.04. The van der Waals surface area contributed by atoms with Gasteiger partial charge in [-0.1, -0.05) is 12.1 Å². The van der Waals surface area contributed by atoms with Gasteiger partial charge in [-0.25, -0.2) is 4.39 Å². The van der Waals surface area contributed by atoms with Crippen LogP contribution in [0.15, 0.2) is 28.1 Å². The van der Waals surface area contributed by atoms with Crippen molar-refractivity contribution >= 4 is 28.4 Å². The van der Waals surface area contributed by atoms with Crippen LogP contribution in [0.1, 0.15) is 11.1 Å². The first-order valence-electron chi connectivity index (χ1n) is 3.71. The van der Waals surface area contributed by atoms with Crippen molar-refractivity contribution in [3.63, 3.8) is 0 Å². The van der Waals surface area contributed by atoms with E-state index in [4.69, 9.17) is 0 Å². The molecule has 0 radical (unpaired) electrons. The van der Waals surface area contributed by atoms with E-state index in [0.29, 0.717) is 12.1 Å². The number of rotatable bonds is 1. The highest BCUT2D eigenvalue weighted by atomic mass is 127. The summed E-state index contributed by atoms with van der Waals surface area (Å²) >= 11 is 1.11. The number of hydrogen-bond acceptors (Lipinski definition) is 0. The van der Waals surface area contributed by atoms with Gasteiger partial charge in [-0.2, -0.15) is 17.6 Å². The maximum absolute atomic E-state index is 12.9. The molecule has 0 heterocycles. The highest BCUT2D eigenvalue weighted by Gasteiger charge is 2.30. The molecule has 0 fully saturated rings. The van der Waals surface area contributed by atoms with Crippen molar-refractivity contribution in [3.05, 3.63) is 39.2 Å². The molecule has 6 heteroatoms. The van der Waals surface area contributed by atoms with E-state index in [2.05, 4.69) is 0 Å². The molecule has 0 saturated heterocycles. The van der Waals surface area contributed by atoms with E-state index < -0.39 is 21.4 Å². The molecule has 0 bridgehead atoms. The molecule has 1 aromatic carbocycles. The Kier molecular flexibility index (Phi) is 3.69. The molecule has 1 aromatic rings. The van der Waals surface area contributed by atoms with Gasteiger partial charge in [0.1, 0.15) is 0 Å². The van der Waals surface area contributed by atoms with Crippen molar-refractivity contribution in [3.8, 4) is 0 Å². The highest BCUT2D eigenvalue weighted by Crippen LogP contribution is 2.31. The van der Waals surface area contributed by atoms with Gasteiger partial charge in [0, 0.05) is 5.56 Å². The lowest BCUT2D eigenvalue weighted by Gasteiger charge is -2.06. The standard InChI is InChI=1S/C9H4F5I/c10-7(8(11)15)5-1-3-6(4-2-5)9(12,13)14/h1-4H/b8-7-. The van der Waals surface area contributed by atoms with Crippen molar-refractivity contribution < 1.29 is 22.0 Å². The summed E-state index contributed by atoms with van der Waals surface area (Å²) in [6.45, 7) is 0. The SMILES string of the molecule is F/C(I)=C(/F)c1ccc(C(F)(F)F)cc1. The van der Waals surface area contributed by atoms with Crippen molar-refractivity contribution in [2.75, 3.05) is 0 Å². The summed E-state index contributed by atoms with van der Waals surface area (Å²) in [6, 6.07) is 3.18. The van der Waals surface area contributed by atoms with Crippen molar-refractivity contribution in [1.29, 1.82) is 0 Å². The predicted octanol–water partition coefficient (Wildman–Crippen LogP) is 4.71. The number of halogens is 6. The molecular weight excluding hydrogens is 330 g/mol. The van der Waals surface area contributed by atoms with Gasteiger partial charge in [0.2, 0.25) is 0 Å². The predicted molar refractivity (Wildman–Crippen MR) is 54.6 cm³/mol. The van der Waals surface area contributed by atoms with Gasteiger partial charge >= 0.3 is 6.18 Å². The first-order chi connectivity index (χ1) is 6.82. The minimum atomic E-state index is -4.47. The van der Waals surface area contributed by atoms with E-state index in [-0.39, 0.29) is 5.56 Å². The first-order valence-corrected chi connectivity index (χ1v) is 4.78. The average molecular weight is 334 g/mol. The topological polar surface area (TPSA) is 0 Å². The minimum absolute atomic E-state index is 0.213. The molecule has 82 valence electrons. The zero-order valence-electron chi connectivity index (χ0n) is 7.08. The van der Waals surface area contributed by atoms with Gasteiger partial charge in [0.25, 0.3) is 0 Å². The molecule has 0 aliphatic carbocycles. The zero-order valence-corrected chi connectivity index (χ0v) is 9.23. The smallest absolute Gasteiger partial charge is 0.203 e. The molecule has 0 aromatic heterocycles. The summed E-state index contributed by atoms with van der Waals surface area (Å²) in [5, 5.41) is 0. The molecule has 0 nitrogen and oxygen atoms in total. The largest absolute Gasteiger partial charge is 0.416 e. The van der Waals surface area contributed by atoms with Gasteiger partial charge < -0.3 is 0 Å². The third-order valence-electron chi connectivity index (χ3n) is 1.63. The summed E-state index contributed by atoms with van der Waals surface area (Å²) in [5.41, 5.74) is -1.11. The Hall–Kier alpha value is -0.660. The molecule has 0 aliphatic rings. The van der Waals surface area contributed by atoms with E-state index in [1.165, 1.54) is 0 Å². The van der Waals surface area contributed by atoms with Crippen LogP contribution in [-0.4, -0.2) is 0 Å². The Bertz CT molecular complexity index is 372. The van der Waals surface area contributed by atoms with Gasteiger partial charge in [0.15, 0.2) is 9.66 Å². The zero-order chi connectivity index (χ0) is 11.6. The second-order valence-electron chi connectivity index (χ2n) is 2.65. The van der Waals surface area contributed by atoms with Crippen molar-refractivity contribution in [2.45, 2.75) is 6.18 Å². The van der Waals surface area contributed by atoms with E-state index in [1.807, 2.05) is 0 Å². The van der Waals surface area contributed by atoms with Crippen molar-refractivity contribution in [1.82, 2.24) is 0 Å². The molecule has 0 atom stereocenters. The van der Waals surface area contributed by atoms with Crippen LogP contribution in [-0.2, 0) is 6.18 Å². The Balaban J connectivity index is 3.07. The summed E-state index contributed by atoms with van der Waals surface area (Å²) in [5.74, 6) is -1.16. The molecule has 0 aliphatic heterocycles. The maximum atomic E-state index is 12.9. The molecule has 0 spiro atoms. The fourth-order valence-corrected chi connectivity index (χ4v) is 1.23. The van der Waals surface area contributed by atoms with Crippen LogP contribution in [0.25, 0.3) is 5.83 Å². The molecule has 0 amide bonds. The van der Waals surface area contributed by atoms with Crippen LogP contribution in [0.3, 0.4) is 0 Å². The average Bonchev–Trinajstić information content (AvgIpc) is 2.15. The summed E-state index contributed by atoms with van der Waals surface area (Å²) in [6.07, 6.45) is -4.47. The molecule has 15 heavy (non-hydrogen) atoms. The molecule has 0 saturated carbocycles. The quantitative estimate of drug-likeness (QED) is 0.516. The molecule has 0 N–H and O–H groups in total. The summed E-state index contributed by atoms with van der Waals surface area (Å²) in [7, 11) is 0. The van der Waals surface area contributed by atoms with E-state index in [0.717, 1.165) is 34.7 Å². The lowest BCUT2D eigenvalue weighted by atomic mass is 10.1. The normalized spacial score (nSPS) is 13.7. The van der Waals surface area contributed by atoms with Crippen LogP contribution in [0.2, 0.25) is 0 Å². The van der Waals surface area contributed by atoms with Gasteiger partial charge in [-0.15, -0.1) is 0 Å². The Morgan fingerprint density at radius 1 is 1.00 bits per heavy atom. The van der Waals surface area contributed by atoms with Crippen LogP contribution < -0.4 is 0 Å². The van der Waals surface area contributed by atoms with Gasteiger partial charge in [-0.3, -0.25) is 0 Å². The Morgan fingerprint density at radius 3 is 1.80 bits per heavy atom. The van der Waals surface area contributed by atoms with E-state index in [9.17, 15) is 22.0 Å². The van der Waals surface area contributed by atoms with Crippen molar-refractivity contribution in [2.24, 2.45) is 0 Å². The number of hydrogen-bond donors (Lipinski definition) is 0. The maximum Gasteiger partial charge on any atom is 0.416 e. The number of alkyl halides is 3. The summed E-state index contributed by atoms with van der Waals surface area (Å²) < 4.78 is 60.5. The monoisotopic (exact) mass is 334 g/mol. The lowest BCUT2D eigenvalue weighted by molar-refractivity contribution is -0.137. The van der Waals surface area contributed by atoms with E-state index in [1.54, 1.807) is 0 Å². The third kappa shape index (κ3) is 3.15. The minimum Gasteiger partial charge on any atom is -0.203 e. The van der Waals surface area contributed by atoms with Crippen LogP contribution in [0, 0.1) is 0 Å². The second-order valence-corrected chi connectivity index (χ2v) is 3.60. The first kappa shape index (κ1) is 12.4. The molecule has 0 unspecified atom stereocenters. The van der Waals surface area contributed by atoms with Crippen LogP contribution in [0.5, 0.6) is 0 Å². The second kappa shape index (κ2) is 4.46.